The van der Waals surface area contributed by atoms with E-state index in [-0.39, 0.29) is 11.5 Å². The second kappa shape index (κ2) is 5.89. The largest absolute Gasteiger partial charge is 0.299 e. The Labute approximate surface area is 137 Å². The molecule has 3 nitrogen and oxygen atoms in total. The van der Waals surface area contributed by atoms with Crippen LogP contribution in [0.25, 0.3) is 0 Å². The van der Waals surface area contributed by atoms with Crippen molar-refractivity contribution >= 4 is 0 Å². The normalized spacial score (nSPS) is 22.9. The first-order valence-corrected chi connectivity index (χ1v) is 8.49. The SMILES string of the molecule is O=NC1CC2(CCN(Cc3ccccc3)CC2)c2ccccc21. The molecule has 2 aromatic rings. The number of likely N-dealkylation sites (tertiary alicyclic amines) is 1. The lowest BCUT2D eigenvalue weighted by Gasteiger charge is -2.40. The molecule has 1 unspecified atom stereocenters. The van der Waals surface area contributed by atoms with E-state index in [4.69, 9.17) is 0 Å². The van der Waals surface area contributed by atoms with Crippen molar-refractivity contribution in [3.05, 3.63) is 76.2 Å². The van der Waals surface area contributed by atoms with E-state index in [1.807, 2.05) is 6.07 Å². The zero-order chi connectivity index (χ0) is 15.7. The number of piperidine rings is 1. The third-order valence-electron chi connectivity index (χ3n) is 5.66. The third-order valence-corrected chi connectivity index (χ3v) is 5.66. The van der Waals surface area contributed by atoms with Gasteiger partial charge in [-0.2, -0.15) is 4.91 Å². The van der Waals surface area contributed by atoms with Gasteiger partial charge in [0.2, 0.25) is 0 Å². The fourth-order valence-electron chi connectivity index (χ4n) is 4.41. The molecule has 0 radical (unpaired) electrons. The zero-order valence-electron chi connectivity index (χ0n) is 13.3. The van der Waals surface area contributed by atoms with Crippen LogP contribution >= 0.6 is 0 Å². The lowest BCUT2D eigenvalue weighted by molar-refractivity contribution is 0.149. The summed E-state index contributed by atoms with van der Waals surface area (Å²) in [5.74, 6) is 0. The van der Waals surface area contributed by atoms with Crippen LogP contribution in [0.5, 0.6) is 0 Å². The maximum Gasteiger partial charge on any atom is 0.118 e. The number of nitrogens with zero attached hydrogens (tertiary/aromatic N) is 2. The Balaban J connectivity index is 1.50. The molecule has 2 aromatic carbocycles. The second-order valence-electron chi connectivity index (χ2n) is 6.95. The highest BCUT2D eigenvalue weighted by Gasteiger charge is 2.45. The fourth-order valence-corrected chi connectivity index (χ4v) is 4.41. The number of hydrogen-bond donors (Lipinski definition) is 0. The van der Waals surface area contributed by atoms with Crippen molar-refractivity contribution in [1.29, 1.82) is 0 Å². The molecule has 2 aliphatic rings. The molecule has 0 bridgehead atoms. The molecule has 1 fully saturated rings. The topological polar surface area (TPSA) is 32.7 Å². The van der Waals surface area contributed by atoms with E-state index in [9.17, 15) is 4.91 Å². The summed E-state index contributed by atoms with van der Waals surface area (Å²) in [6.07, 6.45) is 3.15. The highest BCUT2D eigenvalue weighted by atomic mass is 16.3. The van der Waals surface area contributed by atoms with Gasteiger partial charge in [-0.25, -0.2) is 0 Å². The second-order valence-corrected chi connectivity index (χ2v) is 6.95. The molecule has 23 heavy (non-hydrogen) atoms. The summed E-state index contributed by atoms with van der Waals surface area (Å²) in [5, 5.41) is 3.40. The number of rotatable bonds is 3. The van der Waals surface area contributed by atoms with E-state index < -0.39 is 0 Å². The van der Waals surface area contributed by atoms with Gasteiger partial charge in [0.1, 0.15) is 6.04 Å². The highest BCUT2D eigenvalue weighted by molar-refractivity contribution is 5.42. The first-order valence-electron chi connectivity index (χ1n) is 8.49. The van der Waals surface area contributed by atoms with Crippen LogP contribution in [0.15, 0.2) is 59.8 Å². The Morgan fingerprint density at radius 1 is 1.00 bits per heavy atom. The van der Waals surface area contributed by atoms with Gasteiger partial charge in [-0.15, -0.1) is 0 Å². The first-order chi connectivity index (χ1) is 11.3. The van der Waals surface area contributed by atoms with Gasteiger partial charge < -0.3 is 0 Å². The van der Waals surface area contributed by atoms with Gasteiger partial charge in [0.15, 0.2) is 0 Å². The fraction of sp³-hybridized carbons (Fsp3) is 0.400. The molecule has 4 rings (SSSR count). The number of nitroso groups, excluding NO2 is 1. The molecular formula is C20H22N2O. The van der Waals surface area contributed by atoms with Crippen molar-refractivity contribution in [3.8, 4) is 0 Å². The average molecular weight is 306 g/mol. The standard InChI is InChI=1S/C20H22N2O/c23-21-19-14-20(18-9-5-4-8-17(18)19)10-12-22(13-11-20)15-16-6-2-1-3-7-16/h1-9,19H,10-15H2. The van der Waals surface area contributed by atoms with Crippen LogP contribution in [-0.4, -0.2) is 18.0 Å². The van der Waals surface area contributed by atoms with E-state index in [1.165, 1.54) is 16.7 Å². The molecule has 118 valence electrons. The van der Waals surface area contributed by atoms with Gasteiger partial charge >= 0.3 is 0 Å². The summed E-state index contributed by atoms with van der Waals surface area (Å²) < 4.78 is 0. The molecule has 0 amide bonds. The predicted molar refractivity (Wildman–Crippen MR) is 92.2 cm³/mol. The molecule has 1 aliphatic carbocycles. The van der Waals surface area contributed by atoms with Crippen LogP contribution in [0, 0.1) is 4.91 Å². The van der Waals surface area contributed by atoms with Crippen molar-refractivity contribution in [1.82, 2.24) is 4.90 Å². The van der Waals surface area contributed by atoms with E-state index in [0.29, 0.717) is 0 Å². The van der Waals surface area contributed by atoms with Crippen molar-refractivity contribution in [2.24, 2.45) is 5.18 Å². The lowest BCUT2D eigenvalue weighted by atomic mass is 9.73. The zero-order valence-corrected chi connectivity index (χ0v) is 13.3. The maximum absolute atomic E-state index is 11.2. The van der Waals surface area contributed by atoms with Crippen molar-refractivity contribution in [2.75, 3.05) is 13.1 Å². The van der Waals surface area contributed by atoms with Crippen molar-refractivity contribution in [2.45, 2.75) is 37.3 Å². The molecule has 1 heterocycles. The number of fused-ring (bicyclic) bond motifs is 2. The van der Waals surface area contributed by atoms with E-state index >= 15 is 0 Å². The Hall–Kier alpha value is -2.00. The van der Waals surface area contributed by atoms with Gasteiger partial charge in [0.25, 0.3) is 0 Å². The monoisotopic (exact) mass is 306 g/mol. The molecule has 1 spiro atoms. The van der Waals surface area contributed by atoms with E-state index in [0.717, 1.165) is 38.9 Å². The number of benzene rings is 2. The Morgan fingerprint density at radius 2 is 1.70 bits per heavy atom. The molecule has 0 saturated carbocycles. The van der Waals surface area contributed by atoms with Crippen LogP contribution in [0.4, 0.5) is 0 Å². The minimum Gasteiger partial charge on any atom is -0.299 e. The minimum atomic E-state index is -0.146. The van der Waals surface area contributed by atoms with Crippen LogP contribution < -0.4 is 0 Å². The van der Waals surface area contributed by atoms with E-state index in [1.54, 1.807) is 0 Å². The lowest BCUT2D eigenvalue weighted by Crippen LogP contribution is -2.41. The van der Waals surface area contributed by atoms with Crippen LogP contribution in [-0.2, 0) is 12.0 Å². The summed E-state index contributed by atoms with van der Waals surface area (Å²) in [6, 6.07) is 19.0. The summed E-state index contributed by atoms with van der Waals surface area (Å²) >= 11 is 0. The maximum atomic E-state index is 11.2. The predicted octanol–water partition coefficient (Wildman–Crippen LogP) is 4.43. The van der Waals surface area contributed by atoms with Gasteiger partial charge in [0.05, 0.1) is 0 Å². The first kappa shape index (κ1) is 14.6. The average Bonchev–Trinajstić information content (AvgIpc) is 2.92. The summed E-state index contributed by atoms with van der Waals surface area (Å²) in [7, 11) is 0. The van der Waals surface area contributed by atoms with Crippen molar-refractivity contribution < 1.29 is 0 Å². The quantitative estimate of drug-likeness (QED) is 0.786. The summed E-state index contributed by atoms with van der Waals surface area (Å²) in [4.78, 5) is 13.8. The molecular weight excluding hydrogens is 284 g/mol. The van der Waals surface area contributed by atoms with Crippen molar-refractivity contribution in [3.63, 3.8) is 0 Å². The Kier molecular flexibility index (Phi) is 3.74. The van der Waals surface area contributed by atoms with Gasteiger partial charge in [-0.1, -0.05) is 59.8 Å². The molecule has 0 N–H and O–H groups in total. The third kappa shape index (κ3) is 2.59. The highest BCUT2D eigenvalue weighted by Crippen LogP contribution is 2.52. The van der Waals surface area contributed by atoms with Gasteiger partial charge in [-0.3, -0.25) is 4.90 Å². The van der Waals surface area contributed by atoms with Gasteiger partial charge in [0, 0.05) is 12.0 Å². The van der Waals surface area contributed by atoms with Crippen LogP contribution in [0.2, 0.25) is 0 Å². The van der Waals surface area contributed by atoms with Gasteiger partial charge in [-0.05, 0) is 49.0 Å². The summed E-state index contributed by atoms with van der Waals surface area (Å²) in [6.45, 7) is 3.21. The Morgan fingerprint density at radius 3 is 2.43 bits per heavy atom. The number of hydrogen-bond acceptors (Lipinski definition) is 3. The summed E-state index contributed by atoms with van der Waals surface area (Å²) in [5.41, 5.74) is 4.09. The minimum absolute atomic E-state index is 0.146. The van der Waals surface area contributed by atoms with E-state index in [2.05, 4.69) is 58.6 Å². The smallest absolute Gasteiger partial charge is 0.118 e. The molecule has 3 heteroatoms. The van der Waals surface area contributed by atoms with Crippen LogP contribution in [0.3, 0.4) is 0 Å². The Bertz CT molecular complexity index is 690. The van der Waals surface area contributed by atoms with Crippen LogP contribution in [0.1, 0.15) is 42.0 Å². The molecule has 0 aromatic heterocycles. The molecule has 1 aliphatic heterocycles. The molecule has 1 saturated heterocycles. The molecule has 1 atom stereocenters.